The van der Waals surface area contributed by atoms with Crippen LogP contribution in [0.15, 0.2) is 11.6 Å². The summed E-state index contributed by atoms with van der Waals surface area (Å²) in [6.07, 6.45) is 8.72. The molecule has 0 radical (unpaired) electrons. The van der Waals surface area contributed by atoms with Crippen LogP contribution in [0.25, 0.3) is 0 Å². The maximum Gasteiger partial charge on any atom is -0.00126 e. The first-order chi connectivity index (χ1) is 9.99. The molecule has 0 bridgehead atoms. The summed E-state index contributed by atoms with van der Waals surface area (Å²) >= 11 is 0. The molecule has 0 amide bonds. The molecular formula is C22H38. The predicted molar refractivity (Wildman–Crippen MR) is 96.7 cm³/mol. The van der Waals surface area contributed by atoms with E-state index in [9.17, 15) is 0 Å². The first kappa shape index (κ1) is 16.6. The Morgan fingerprint density at radius 1 is 0.955 bits per heavy atom. The first-order valence-corrected chi connectivity index (χ1v) is 9.72. The molecular weight excluding hydrogens is 264 g/mol. The van der Waals surface area contributed by atoms with E-state index in [1.165, 1.54) is 25.7 Å². The maximum atomic E-state index is 2.82. The van der Waals surface area contributed by atoms with Gasteiger partial charge in [0.05, 0.1) is 0 Å². The van der Waals surface area contributed by atoms with Crippen LogP contribution in [-0.4, -0.2) is 0 Å². The Bertz CT molecular complexity index is 451. The van der Waals surface area contributed by atoms with Crippen molar-refractivity contribution in [3.63, 3.8) is 0 Å². The molecule has 0 aliphatic heterocycles. The van der Waals surface area contributed by atoms with Crippen molar-refractivity contribution in [2.45, 2.75) is 81.1 Å². The highest BCUT2D eigenvalue weighted by molar-refractivity contribution is 5.34. The molecule has 0 saturated heterocycles. The molecule has 0 N–H and O–H groups in total. The summed E-state index contributed by atoms with van der Waals surface area (Å²) in [5.41, 5.74) is 2.94. The van der Waals surface area contributed by atoms with E-state index in [-0.39, 0.29) is 0 Å². The van der Waals surface area contributed by atoms with Gasteiger partial charge in [0.15, 0.2) is 0 Å². The highest BCUT2D eigenvalue weighted by atomic mass is 14.6. The van der Waals surface area contributed by atoms with Crippen molar-refractivity contribution in [2.75, 3.05) is 0 Å². The average Bonchev–Trinajstić information content (AvgIpc) is 2.93. The van der Waals surface area contributed by atoms with Crippen LogP contribution in [0.1, 0.15) is 81.1 Å². The van der Waals surface area contributed by atoms with Crippen LogP contribution in [0.2, 0.25) is 0 Å². The minimum Gasteiger partial charge on any atom is -0.0774 e. The molecule has 2 saturated carbocycles. The molecule has 0 heteroatoms. The van der Waals surface area contributed by atoms with Crippen LogP contribution < -0.4 is 0 Å². The van der Waals surface area contributed by atoms with Crippen LogP contribution in [0, 0.1) is 45.8 Å². The summed E-state index contributed by atoms with van der Waals surface area (Å²) < 4.78 is 0. The minimum atomic E-state index is 0.345. The third kappa shape index (κ3) is 2.08. The van der Waals surface area contributed by atoms with Gasteiger partial charge in [0.25, 0.3) is 0 Å². The van der Waals surface area contributed by atoms with Gasteiger partial charge in [-0.2, -0.15) is 0 Å². The summed E-state index contributed by atoms with van der Waals surface area (Å²) in [7, 11) is 0. The zero-order valence-corrected chi connectivity index (χ0v) is 16.3. The molecule has 0 aromatic heterocycles. The molecule has 22 heavy (non-hydrogen) atoms. The van der Waals surface area contributed by atoms with Crippen molar-refractivity contribution in [3.05, 3.63) is 11.6 Å². The lowest BCUT2D eigenvalue weighted by atomic mass is 9.53. The van der Waals surface area contributed by atoms with E-state index in [0.717, 1.165) is 29.6 Å². The molecule has 3 aliphatic carbocycles. The summed E-state index contributed by atoms with van der Waals surface area (Å²) in [6, 6.07) is 0. The molecule has 4 atom stereocenters. The maximum absolute atomic E-state index is 2.82. The molecule has 2 fully saturated rings. The summed E-state index contributed by atoms with van der Waals surface area (Å²) in [4.78, 5) is 0. The van der Waals surface area contributed by atoms with E-state index >= 15 is 0 Å². The fourth-order valence-corrected chi connectivity index (χ4v) is 6.92. The quantitative estimate of drug-likeness (QED) is 0.472. The Balaban J connectivity index is 2.09. The molecule has 3 aliphatic rings. The second-order valence-electron chi connectivity index (χ2n) is 11.0. The van der Waals surface area contributed by atoms with Crippen molar-refractivity contribution >= 4 is 0 Å². The van der Waals surface area contributed by atoms with Crippen molar-refractivity contribution in [1.82, 2.24) is 0 Å². The molecule has 0 heterocycles. The van der Waals surface area contributed by atoms with Crippen LogP contribution in [0.3, 0.4) is 0 Å². The first-order valence-electron chi connectivity index (χ1n) is 9.72. The fraction of sp³-hybridized carbons (Fsp3) is 0.909. The minimum absolute atomic E-state index is 0.345. The zero-order chi connectivity index (χ0) is 16.5. The van der Waals surface area contributed by atoms with Crippen LogP contribution in [-0.2, 0) is 0 Å². The number of allylic oxidation sites excluding steroid dienone is 2. The standard InChI is InChI=1S/C22H38/c1-14(2)19-16-11-9-10-15(16)17-12-22(13-18(17)19,20(3,4)5)21(6,7)8/h13-17,19H,9-12H2,1-8H3. The van der Waals surface area contributed by atoms with Gasteiger partial charge in [-0.25, -0.2) is 0 Å². The highest BCUT2D eigenvalue weighted by Gasteiger charge is 2.60. The topological polar surface area (TPSA) is 0 Å². The lowest BCUT2D eigenvalue weighted by molar-refractivity contribution is 0.00299. The van der Waals surface area contributed by atoms with E-state index in [1.807, 2.05) is 5.57 Å². The Kier molecular flexibility index (Phi) is 3.67. The van der Waals surface area contributed by atoms with Crippen molar-refractivity contribution in [3.8, 4) is 0 Å². The van der Waals surface area contributed by atoms with Gasteiger partial charge in [-0.05, 0) is 65.1 Å². The van der Waals surface area contributed by atoms with E-state index in [4.69, 9.17) is 0 Å². The van der Waals surface area contributed by atoms with Gasteiger partial charge in [-0.3, -0.25) is 0 Å². The SMILES string of the molecule is CC(C)C1C2=CC(C(C)(C)C)(C(C)(C)C)CC2C2CCCC21. The number of fused-ring (bicyclic) bond motifs is 3. The van der Waals surface area contributed by atoms with Gasteiger partial charge >= 0.3 is 0 Å². The van der Waals surface area contributed by atoms with Gasteiger partial charge in [0.1, 0.15) is 0 Å². The van der Waals surface area contributed by atoms with E-state index in [1.54, 1.807) is 0 Å². The van der Waals surface area contributed by atoms with Gasteiger partial charge in [0, 0.05) is 0 Å². The van der Waals surface area contributed by atoms with Crippen molar-refractivity contribution in [1.29, 1.82) is 0 Å². The predicted octanol–water partition coefficient (Wildman–Crippen LogP) is 6.71. The Morgan fingerprint density at radius 2 is 1.50 bits per heavy atom. The number of rotatable bonds is 1. The average molecular weight is 303 g/mol. The molecule has 3 rings (SSSR count). The lowest BCUT2D eigenvalue weighted by Gasteiger charge is -2.51. The van der Waals surface area contributed by atoms with Crippen LogP contribution in [0.5, 0.6) is 0 Å². The number of hydrogen-bond donors (Lipinski definition) is 0. The van der Waals surface area contributed by atoms with Gasteiger partial charge < -0.3 is 0 Å². The summed E-state index contributed by atoms with van der Waals surface area (Å²) in [6.45, 7) is 19.8. The monoisotopic (exact) mass is 302 g/mol. The van der Waals surface area contributed by atoms with E-state index in [0.29, 0.717) is 16.2 Å². The summed E-state index contributed by atoms with van der Waals surface area (Å²) in [5.74, 6) is 4.61. The molecule has 0 nitrogen and oxygen atoms in total. The van der Waals surface area contributed by atoms with Crippen LogP contribution >= 0.6 is 0 Å². The largest absolute Gasteiger partial charge is 0.0774 e. The van der Waals surface area contributed by atoms with Gasteiger partial charge in [-0.1, -0.05) is 73.5 Å². The Morgan fingerprint density at radius 3 is 2.00 bits per heavy atom. The normalized spacial score (nSPS) is 37.4. The third-order valence-corrected chi connectivity index (χ3v) is 7.77. The van der Waals surface area contributed by atoms with E-state index < -0.39 is 0 Å². The van der Waals surface area contributed by atoms with Crippen molar-refractivity contribution < 1.29 is 0 Å². The Hall–Kier alpha value is -0.260. The Labute approximate surface area is 139 Å². The zero-order valence-electron chi connectivity index (χ0n) is 16.3. The molecule has 4 unspecified atom stereocenters. The van der Waals surface area contributed by atoms with Crippen molar-refractivity contribution in [2.24, 2.45) is 45.8 Å². The molecule has 0 aromatic carbocycles. The molecule has 126 valence electrons. The molecule has 0 spiro atoms. The molecule has 0 aromatic rings. The second kappa shape index (κ2) is 4.87. The summed E-state index contributed by atoms with van der Waals surface area (Å²) in [5, 5.41) is 0. The van der Waals surface area contributed by atoms with E-state index in [2.05, 4.69) is 61.5 Å². The fourth-order valence-electron chi connectivity index (χ4n) is 6.92. The smallest absolute Gasteiger partial charge is 0.00126 e. The van der Waals surface area contributed by atoms with Gasteiger partial charge in [0.2, 0.25) is 0 Å². The second-order valence-corrected chi connectivity index (χ2v) is 11.0. The van der Waals surface area contributed by atoms with Gasteiger partial charge in [-0.15, -0.1) is 0 Å². The number of hydrogen-bond acceptors (Lipinski definition) is 0. The van der Waals surface area contributed by atoms with Crippen LogP contribution in [0.4, 0.5) is 0 Å². The third-order valence-electron chi connectivity index (χ3n) is 7.77. The highest BCUT2D eigenvalue weighted by Crippen LogP contribution is 2.68. The lowest BCUT2D eigenvalue weighted by Crippen LogP contribution is -2.44.